The van der Waals surface area contributed by atoms with Crippen molar-refractivity contribution in [3.63, 3.8) is 0 Å². The minimum atomic E-state index is -4.33. The highest BCUT2D eigenvalue weighted by molar-refractivity contribution is 7.47. The van der Waals surface area contributed by atoms with Crippen molar-refractivity contribution >= 4 is 13.7 Å². The first-order valence-corrected chi connectivity index (χ1v) is 42.7. The second-order valence-electron chi connectivity index (χ2n) is 29.9. The van der Waals surface area contributed by atoms with Crippen molar-refractivity contribution in [2.24, 2.45) is 0 Å². The predicted octanol–water partition coefficient (Wildman–Crippen LogP) is 27.0. The molecule has 3 atom stereocenters. The number of aliphatic hydroxyl groups is 1. The van der Waals surface area contributed by atoms with E-state index < -0.39 is 20.0 Å². The Bertz CT molecular complexity index is 1530. The highest BCUT2D eigenvalue weighted by Crippen LogP contribution is 2.43. The van der Waals surface area contributed by atoms with E-state index in [1.807, 2.05) is 21.1 Å². The van der Waals surface area contributed by atoms with E-state index in [4.69, 9.17) is 9.05 Å². The van der Waals surface area contributed by atoms with Crippen molar-refractivity contribution in [3.8, 4) is 0 Å². The molecule has 3 N–H and O–H groups in total. The van der Waals surface area contributed by atoms with Crippen LogP contribution in [0.2, 0.25) is 0 Å². The van der Waals surface area contributed by atoms with Crippen molar-refractivity contribution in [2.75, 3.05) is 40.9 Å². The summed E-state index contributed by atoms with van der Waals surface area (Å²) < 4.78 is 24.0. The number of rotatable bonds is 78. The molecule has 0 aliphatic heterocycles. The Balaban J connectivity index is 3.86. The summed E-state index contributed by atoms with van der Waals surface area (Å²) in [5, 5.41) is 14.2. The fourth-order valence-corrected chi connectivity index (χ4v) is 13.8. The third kappa shape index (κ3) is 76.2. The first-order valence-electron chi connectivity index (χ1n) is 41.2. The van der Waals surface area contributed by atoms with E-state index in [1.165, 1.54) is 372 Å². The highest BCUT2D eigenvalue weighted by atomic mass is 31.2. The molecule has 0 aliphatic rings. The van der Waals surface area contributed by atoms with Gasteiger partial charge in [-0.3, -0.25) is 13.8 Å². The van der Waals surface area contributed by atoms with Gasteiger partial charge in [0.05, 0.1) is 39.9 Å². The van der Waals surface area contributed by atoms with Crippen LogP contribution in [0.5, 0.6) is 0 Å². The third-order valence-electron chi connectivity index (χ3n) is 19.5. The van der Waals surface area contributed by atoms with Crippen LogP contribution in [0.4, 0.5) is 0 Å². The van der Waals surface area contributed by atoms with Gasteiger partial charge >= 0.3 is 7.82 Å². The van der Waals surface area contributed by atoms with Gasteiger partial charge in [-0.15, -0.1) is 0 Å². The maximum Gasteiger partial charge on any atom is 0.472 e. The fraction of sp³-hybridized carbons (Fsp3) is 0.939. The summed E-state index contributed by atoms with van der Waals surface area (Å²) in [6.07, 6.45) is 97.7. The molecule has 0 aromatic carbocycles. The molecular formula is C82H164N2O6P+. The van der Waals surface area contributed by atoms with Crippen LogP contribution in [0.1, 0.15) is 444 Å². The number of nitrogens with zero attached hydrogens (tertiary/aromatic N) is 1. The molecule has 0 aromatic rings. The van der Waals surface area contributed by atoms with Gasteiger partial charge in [0.1, 0.15) is 13.2 Å². The SMILES string of the molecule is CCCCCCC/C=C\C/C=C\CCCCCCCCCCCCCCCCCCCCCCCCCCCCCCCC(=O)NC(COP(=O)(O)OCC[N+](C)(C)C)C(O)CCCCCCCCCCCCCCCCCCCCCCCCCCCCCC. The van der Waals surface area contributed by atoms with Gasteiger partial charge in [-0.2, -0.15) is 0 Å². The second kappa shape index (κ2) is 73.2. The molecule has 0 radical (unpaired) electrons. The molecule has 91 heavy (non-hydrogen) atoms. The van der Waals surface area contributed by atoms with Crippen LogP contribution in [0.25, 0.3) is 0 Å². The van der Waals surface area contributed by atoms with E-state index in [0.29, 0.717) is 23.9 Å². The number of nitrogens with one attached hydrogen (secondary N) is 1. The van der Waals surface area contributed by atoms with E-state index in [9.17, 15) is 19.4 Å². The Hall–Kier alpha value is -1.02. The molecular weight excluding hydrogens is 1140 g/mol. The van der Waals surface area contributed by atoms with Gasteiger partial charge in [0, 0.05) is 6.42 Å². The summed E-state index contributed by atoms with van der Waals surface area (Å²) in [5.41, 5.74) is 0. The maximum atomic E-state index is 13.1. The number of hydrogen-bond acceptors (Lipinski definition) is 5. The van der Waals surface area contributed by atoms with Gasteiger partial charge in [-0.25, -0.2) is 4.57 Å². The summed E-state index contributed by atoms with van der Waals surface area (Å²) in [6.45, 7) is 4.95. The average molecular weight is 1310 g/mol. The standard InChI is InChI=1S/C82H163N2O6P/c1-6-8-10-12-14-16-18-20-22-24-26-28-30-32-34-36-37-38-39-40-41-42-43-44-45-46-47-48-50-52-54-56-58-60-62-64-66-68-70-72-74-76-82(86)83-80(79-90-91(87,88)89-78-77-84(3,4)5)81(85)75-73-71-69-67-65-63-61-59-57-55-53-51-49-35-33-31-29-27-25-23-21-19-17-15-13-11-9-7-2/h18,20,24,26,80-81,85H,6-17,19,21-23,25,27-79H2,1-5H3,(H-,83,86,87,88)/p+1/b20-18-,26-24-. The number of unbranched alkanes of at least 4 members (excludes halogenated alkanes) is 61. The van der Waals surface area contributed by atoms with Gasteiger partial charge in [0.15, 0.2) is 0 Å². The summed E-state index contributed by atoms with van der Waals surface area (Å²) in [6, 6.07) is -0.759. The fourth-order valence-electron chi connectivity index (χ4n) is 13.1. The Kier molecular flexibility index (Phi) is 72.4. The van der Waals surface area contributed by atoms with Crippen LogP contribution < -0.4 is 5.32 Å². The summed E-state index contributed by atoms with van der Waals surface area (Å²) in [7, 11) is 1.64. The van der Waals surface area contributed by atoms with Crippen molar-refractivity contribution in [2.45, 2.75) is 456 Å². The molecule has 0 rings (SSSR count). The molecule has 8 nitrogen and oxygen atoms in total. The van der Waals surface area contributed by atoms with Crippen molar-refractivity contribution in [1.29, 1.82) is 0 Å². The van der Waals surface area contributed by atoms with E-state index in [2.05, 4.69) is 43.5 Å². The van der Waals surface area contributed by atoms with Gasteiger partial charge in [-0.1, -0.05) is 417 Å². The van der Waals surface area contributed by atoms with Crippen LogP contribution >= 0.6 is 7.82 Å². The number of likely N-dealkylation sites (N-methyl/N-ethyl adjacent to an activating group) is 1. The number of phosphoric ester groups is 1. The van der Waals surface area contributed by atoms with Crippen molar-refractivity contribution in [1.82, 2.24) is 5.32 Å². The number of allylic oxidation sites excluding steroid dienone is 4. The Morgan fingerprint density at radius 1 is 0.374 bits per heavy atom. The highest BCUT2D eigenvalue weighted by Gasteiger charge is 2.28. The molecule has 3 unspecified atom stereocenters. The average Bonchev–Trinajstić information content (AvgIpc) is 3.59. The van der Waals surface area contributed by atoms with Crippen LogP contribution in [0, 0.1) is 0 Å². The van der Waals surface area contributed by atoms with Crippen molar-refractivity contribution < 1.29 is 32.9 Å². The summed E-state index contributed by atoms with van der Waals surface area (Å²) >= 11 is 0. The number of amides is 1. The Morgan fingerprint density at radius 3 is 0.901 bits per heavy atom. The van der Waals surface area contributed by atoms with Crippen molar-refractivity contribution in [3.05, 3.63) is 24.3 Å². The number of carbonyl (C=O) groups is 1. The quantitative estimate of drug-likeness (QED) is 0.0243. The van der Waals surface area contributed by atoms with Gasteiger partial charge in [0.2, 0.25) is 5.91 Å². The molecule has 0 heterocycles. The minimum absolute atomic E-state index is 0.0785. The van der Waals surface area contributed by atoms with Gasteiger partial charge in [-0.05, 0) is 44.9 Å². The van der Waals surface area contributed by atoms with Gasteiger partial charge in [0.25, 0.3) is 0 Å². The first-order chi connectivity index (χ1) is 44.5. The summed E-state index contributed by atoms with van der Waals surface area (Å²) in [4.78, 5) is 23.5. The van der Waals surface area contributed by atoms with E-state index in [-0.39, 0.29) is 19.1 Å². The molecule has 0 bridgehead atoms. The lowest BCUT2D eigenvalue weighted by atomic mass is 10.0. The third-order valence-corrected chi connectivity index (χ3v) is 20.4. The molecule has 0 saturated carbocycles. The minimum Gasteiger partial charge on any atom is -0.391 e. The lowest BCUT2D eigenvalue weighted by Gasteiger charge is -2.26. The number of phosphoric acid groups is 1. The van der Waals surface area contributed by atoms with E-state index in [1.54, 1.807) is 0 Å². The molecule has 0 aromatic heterocycles. The first kappa shape index (κ1) is 90.0. The van der Waals surface area contributed by atoms with Crippen LogP contribution in [-0.4, -0.2) is 73.4 Å². The molecule has 0 aliphatic carbocycles. The topological polar surface area (TPSA) is 105 Å². The molecule has 0 fully saturated rings. The normalized spacial score (nSPS) is 13.5. The number of aliphatic hydroxyl groups excluding tert-OH is 1. The lowest BCUT2D eigenvalue weighted by Crippen LogP contribution is -2.46. The van der Waals surface area contributed by atoms with E-state index >= 15 is 0 Å². The predicted molar refractivity (Wildman–Crippen MR) is 402 cm³/mol. The largest absolute Gasteiger partial charge is 0.472 e. The molecule has 0 spiro atoms. The molecule has 9 heteroatoms. The zero-order chi connectivity index (χ0) is 66.2. The van der Waals surface area contributed by atoms with Crippen LogP contribution in [0.3, 0.4) is 0 Å². The summed E-state index contributed by atoms with van der Waals surface area (Å²) in [5.74, 6) is -0.133. The monoisotopic (exact) mass is 1300 g/mol. The number of quaternary nitrogens is 1. The maximum absolute atomic E-state index is 13.1. The molecule has 0 saturated heterocycles. The molecule has 542 valence electrons. The van der Waals surface area contributed by atoms with Crippen LogP contribution in [-0.2, 0) is 18.4 Å². The zero-order valence-corrected chi connectivity index (χ0v) is 63.3. The molecule has 1 amide bonds. The van der Waals surface area contributed by atoms with Gasteiger partial charge < -0.3 is 19.8 Å². The van der Waals surface area contributed by atoms with E-state index in [0.717, 1.165) is 44.9 Å². The Labute approximate surface area is 570 Å². The van der Waals surface area contributed by atoms with Crippen LogP contribution in [0.15, 0.2) is 24.3 Å². The second-order valence-corrected chi connectivity index (χ2v) is 31.3. The number of hydrogen-bond donors (Lipinski definition) is 3. The lowest BCUT2D eigenvalue weighted by molar-refractivity contribution is -0.870. The zero-order valence-electron chi connectivity index (χ0n) is 62.4. The number of carbonyl (C=O) groups excluding carboxylic acids is 1. The Morgan fingerprint density at radius 2 is 0.626 bits per heavy atom. The smallest absolute Gasteiger partial charge is 0.391 e.